The van der Waals surface area contributed by atoms with E-state index in [1.165, 1.54) is 27.7 Å². The fraction of sp³-hybridized carbons (Fsp3) is 0.111. The highest BCUT2D eigenvalue weighted by Crippen LogP contribution is 2.20. The molecule has 2 aromatic carbocycles. The van der Waals surface area contributed by atoms with Crippen LogP contribution in [0.25, 0.3) is 23.2 Å². The van der Waals surface area contributed by atoms with Gasteiger partial charge in [0, 0.05) is 17.3 Å². The molecule has 0 bridgehead atoms. The van der Waals surface area contributed by atoms with Crippen LogP contribution in [0.1, 0.15) is 16.8 Å². The zero-order valence-electron chi connectivity index (χ0n) is 11.3. The number of hydrogen-bond donors (Lipinski definition) is 0. The van der Waals surface area contributed by atoms with Gasteiger partial charge in [0.25, 0.3) is 0 Å². The first kappa shape index (κ1) is 11.8. The van der Waals surface area contributed by atoms with Crippen molar-refractivity contribution in [3.8, 4) is 0 Å². The van der Waals surface area contributed by atoms with Crippen molar-refractivity contribution in [2.24, 2.45) is 0 Å². The molecule has 3 rings (SSSR count). The molecule has 1 nitrogen and oxygen atoms in total. The van der Waals surface area contributed by atoms with Crippen molar-refractivity contribution < 1.29 is 0 Å². The molecule has 0 saturated carbocycles. The first-order valence-electron chi connectivity index (χ1n) is 6.55. The molecule has 0 radical (unpaired) electrons. The second-order valence-corrected chi connectivity index (χ2v) is 4.94. The first-order valence-corrected chi connectivity index (χ1v) is 6.55. The summed E-state index contributed by atoms with van der Waals surface area (Å²) in [6, 6.07) is 19.3. The molecular formula is C18H17N. The maximum absolute atomic E-state index is 2.23. The molecule has 19 heavy (non-hydrogen) atoms. The van der Waals surface area contributed by atoms with E-state index in [-0.39, 0.29) is 0 Å². The van der Waals surface area contributed by atoms with Gasteiger partial charge in [0.05, 0.1) is 5.52 Å². The van der Waals surface area contributed by atoms with Crippen LogP contribution in [0.15, 0.2) is 54.6 Å². The van der Waals surface area contributed by atoms with Crippen LogP contribution in [0.2, 0.25) is 0 Å². The molecule has 0 amide bonds. The summed E-state index contributed by atoms with van der Waals surface area (Å²) in [6.45, 7) is 4.25. The zero-order chi connectivity index (χ0) is 13.2. The van der Waals surface area contributed by atoms with Crippen molar-refractivity contribution in [2.75, 3.05) is 0 Å². The Hall–Kier alpha value is -2.28. The van der Waals surface area contributed by atoms with E-state index in [2.05, 4.69) is 85.3 Å². The molecule has 0 spiro atoms. The number of para-hydroxylation sites is 1. The lowest BCUT2D eigenvalue weighted by atomic mass is 10.1. The summed E-state index contributed by atoms with van der Waals surface area (Å²) in [7, 11) is 0. The van der Waals surface area contributed by atoms with Gasteiger partial charge in [-0.2, -0.15) is 0 Å². The predicted molar refractivity (Wildman–Crippen MR) is 83.1 cm³/mol. The Morgan fingerprint density at radius 2 is 1.63 bits per heavy atom. The van der Waals surface area contributed by atoms with Crippen molar-refractivity contribution in [1.82, 2.24) is 4.57 Å². The summed E-state index contributed by atoms with van der Waals surface area (Å²) >= 11 is 0. The number of benzene rings is 2. The molecule has 1 aromatic heterocycles. The lowest BCUT2D eigenvalue weighted by Gasteiger charge is -2.01. The van der Waals surface area contributed by atoms with Crippen LogP contribution in [0.3, 0.4) is 0 Å². The topological polar surface area (TPSA) is 4.93 Å². The van der Waals surface area contributed by atoms with E-state index in [0.29, 0.717) is 0 Å². The van der Waals surface area contributed by atoms with Crippen molar-refractivity contribution in [3.63, 3.8) is 0 Å². The highest BCUT2D eigenvalue weighted by molar-refractivity contribution is 5.84. The molecule has 0 unspecified atom stereocenters. The third-order valence-electron chi connectivity index (χ3n) is 3.43. The lowest BCUT2D eigenvalue weighted by molar-refractivity contribution is 1.13. The summed E-state index contributed by atoms with van der Waals surface area (Å²) in [6.07, 6.45) is 4.29. The van der Waals surface area contributed by atoms with Crippen LogP contribution in [-0.2, 0) is 0 Å². The van der Waals surface area contributed by atoms with E-state index in [9.17, 15) is 0 Å². The molecule has 94 valence electrons. The van der Waals surface area contributed by atoms with Crippen molar-refractivity contribution in [2.45, 2.75) is 13.8 Å². The smallest absolute Gasteiger partial charge is 0.0525 e. The Morgan fingerprint density at radius 1 is 0.895 bits per heavy atom. The summed E-state index contributed by atoms with van der Waals surface area (Å²) in [5, 5.41) is 1.29. The third-order valence-corrected chi connectivity index (χ3v) is 3.43. The predicted octanol–water partition coefficient (Wildman–Crippen LogP) is 4.89. The summed E-state index contributed by atoms with van der Waals surface area (Å²) in [4.78, 5) is 0. The number of fused-ring (bicyclic) bond motifs is 1. The number of hydrogen-bond acceptors (Lipinski definition) is 0. The molecule has 0 aliphatic carbocycles. The van der Waals surface area contributed by atoms with Crippen LogP contribution in [0.5, 0.6) is 0 Å². The van der Waals surface area contributed by atoms with Gasteiger partial charge >= 0.3 is 0 Å². The van der Waals surface area contributed by atoms with Crippen LogP contribution < -0.4 is 0 Å². The number of rotatable bonds is 2. The first-order chi connectivity index (χ1) is 9.24. The molecule has 1 heterocycles. The van der Waals surface area contributed by atoms with Gasteiger partial charge < -0.3 is 4.57 Å². The highest BCUT2D eigenvalue weighted by Gasteiger charge is 2.01. The fourth-order valence-corrected chi connectivity index (χ4v) is 2.35. The molecule has 0 fully saturated rings. The minimum atomic E-state index is 1.22. The average Bonchev–Trinajstić information content (AvgIpc) is 2.74. The molecule has 3 aromatic rings. The largest absolute Gasteiger partial charge is 0.321 e. The van der Waals surface area contributed by atoms with Gasteiger partial charge in [0.1, 0.15) is 0 Å². The minimum Gasteiger partial charge on any atom is -0.321 e. The maximum atomic E-state index is 2.23. The second kappa shape index (κ2) is 4.77. The Labute approximate surface area is 113 Å². The quantitative estimate of drug-likeness (QED) is 0.608. The maximum Gasteiger partial charge on any atom is 0.0525 e. The fourth-order valence-electron chi connectivity index (χ4n) is 2.35. The van der Waals surface area contributed by atoms with E-state index in [1.807, 2.05) is 0 Å². The molecule has 0 saturated heterocycles. The Bertz CT molecular complexity index is 730. The number of aromatic nitrogens is 1. The van der Waals surface area contributed by atoms with Crippen molar-refractivity contribution in [3.05, 3.63) is 71.4 Å². The minimum absolute atomic E-state index is 1.22. The van der Waals surface area contributed by atoms with Crippen LogP contribution in [-0.4, -0.2) is 4.57 Å². The molecule has 0 aliphatic rings. The van der Waals surface area contributed by atoms with Gasteiger partial charge in [-0.05, 0) is 37.6 Å². The standard InChI is InChI=1S/C18H17N/c1-14-7-9-16(10-8-14)11-12-19-15(2)13-17-5-3-4-6-18(17)19/h3-13H,1-2H3/b12-11-. The monoisotopic (exact) mass is 247 g/mol. The van der Waals surface area contributed by atoms with Gasteiger partial charge in [0.2, 0.25) is 0 Å². The van der Waals surface area contributed by atoms with Gasteiger partial charge in [-0.15, -0.1) is 0 Å². The van der Waals surface area contributed by atoms with E-state index in [0.717, 1.165) is 0 Å². The van der Waals surface area contributed by atoms with E-state index < -0.39 is 0 Å². The SMILES string of the molecule is Cc1ccc(/C=C\n2c(C)cc3ccccc32)cc1. The highest BCUT2D eigenvalue weighted by atomic mass is 15.0. The second-order valence-electron chi connectivity index (χ2n) is 4.94. The van der Waals surface area contributed by atoms with Crippen LogP contribution in [0, 0.1) is 13.8 Å². The average molecular weight is 247 g/mol. The molecule has 1 heteroatoms. The normalized spacial score (nSPS) is 11.5. The Balaban J connectivity index is 2.01. The zero-order valence-corrected chi connectivity index (χ0v) is 11.3. The summed E-state index contributed by atoms with van der Waals surface area (Å²) < 4.78 is 2.23. The number of aryl methyl sites for hydroxylation is 2. The van der Waals surface area contributed by atoms with Crippen LogP contribution in [0.4, 0.5) is 0 Å². The lowest BCUT2D eigenvalue weighted by Crippen LogP contribution is -1.88. The molecular weight excluding hydrogens is 230 g/mol. The van der Waals surface area contributed by atoms with Gasteiger partial charge in [-0.3, -0.25) is 0 Å². The summed E-state index contributed by atoms with van der Waals surface area (Å²) in [5.74, 6) is 0. The Morgan fingerprint density at radius 3 is 2.42 bits per heavy atom. The molecule has 0 N–H and O–H groups in total. The molecule has 0 atom stereocenters. The third kappa shape index (κ3) is 2.32. The van der Waals surface area contributed by atoms with Gasteiger partial charge in [-0.1, -0.05) is 48.0 Å². The van der Waals surface area contributed by atoms with Gasteiger partial charge in [0.15, 0.2) is 0 Å². The van der Waals surface area contributed by atoms with Crippen molar-refractivity contribution in [1.29, 1.82) is 0 Å². The Kier molecular flexibility index (Phi) is 2.96. The van der Waals surface area contributed by atoms with Crippen LogP contribution >= 0.6 is 0 Å². The summed E-state index contributed by atoms with van der Waals surface area (Å²) in [5.41, 5.74) is 5.02. The number of nitrogens with zero attached hydrogens (tertiary/aromatic N) is 1. The van der Waals surface area contributed by atoms with E-state index in [4.69, 9.17) is 0 Å². The van der Waals surface area contributed by atoms with Gasteiger partial charge in [-0.25, -0.2) is 0 Å². The molecule has 0 aliphatic heterocycles. The van der Waals surface area contributed by atoms with E-state index >= 15 is 0 Å². The van der Waals surface area contributed by atoms with Crippen molar-refractivity contribution >= 4 is 23.2 Å². The van der Waals surface area contributed by atoms with E-state index in [1.54, 1.807) is 0 Å².